The van der Waals surface area contributed by atoms with Gasteiger partial charge in [-0.25, -0.2) is 0 Å². The minimum Gasteiger partial charge on any atom is -0.381 e. The second kappa shape index (κ2) is 5.10. The molecule has 1 aliphatic carbocycles. The standard InChI is InChI=1S/C15H27NO2/c16-15(7-10-17-11-8-15)13-4-9-18-14(12-13)5-2-1-3-6-14/h13H,1-12,16H2. The molecular formula is C15H27NO2. The fourth-order valence-corrected chi connectivity index (χ4v) is 4.22. The molecule has 2 saturated heterocycles. The molecule has 1 spiro atoms. The molecule has 2 N–H and O–H groups in total. The zero-order valence-electron chi connectivity index (χ0n) is 11.5. The Morgan fingerprint density at radius 1 is 0.889 bits per heavy atom. The first-order chi connectivity index (χ1) is 8.73. The van der Waals surface area contributed by atoms with E-state index in [4.69, 9.17) is 15.2 Å². The van der Waals surface area contributed by atoms with Crippen LogP contribution >= 0.6 is 0 Å². The molecule has 1 atom stereocenters. The van der Waals surface area contributed by atoms with Gasteiger partial charge in [0.1, 0.15) is 0 Å². The molecule has 2 aliphatic heterocycles. The number of hydrogen-bond acceptors (Lipinski definition) is 3. The molecule has 0 bridgehead atoms. The van der Waals surface area contributed by atoms with Crippen molar-refractivity contribution in [1.82, 2.24) is 0 Å². The minimum atomic E-state index is 0.0203. The fourth-order valence-electron chi connectivity index (χ4n) is 4.22. The van der Waals surface area contributed by atoms with Crippen molar-refractivity contribution in [2.24, 2.45) is 11.7 Å². The average molecular weight is 253 g/mol. The monoisotopic (exact) mass is 253 g/mol. The predicted molar refractivity (Wildman–Crippen MR) is 71.5 cm³/mol. The lowest BCUT2D eigenvalue weighted by Crippen LogP contribution is -2.56. The van der Waals surface area contributed by atoms with Gasteiger partial charge in [-0.15, -0.1) is 0 Å². The Kier molecular flexibility index (Phi) is 3.65. The van der Waals surface area contributed by atoms with Crippen LogP contribution in [0.15, 0.2) is 0 Å². The first kappa shape index (κ1) is 12.9. The van der Waals surface area contributed by atoms with Crippen LogP contribution in [0.4, 0.5) is 0 Å². The van der Waals surface area contributed by atoms with E-state index in [1.807, 2.05) is 0 Å². The second-order valence-corrected chi connectivity index (χ2v) is 6.63. The minimum absolute atomic E-state index is 0.0203. The summed E-state index contributed by atoms with van der Waals surface area (Å²) in [5.41, 5.74) is 6.89. The maximum atomic E-state index is 6.69. The Morgan fingerprint density at radius 2 is 1.61 bits per heavy atom. The van der Waals surface area contributed by atoms with Gasteiger partial charge in [-0.2, -0.15) is 0 Å². The smallest absolute Gasteiger partial charge is 0.0685 e. The summed E-state index contributed by atoms with van der Waals surface area (Å²) in [5, 5.41) is 0. The van der Waals surface area contributed by atoms with E-state index in [2.05, 4.69) is 0 Å². The normalized spacial score (nSPS) is 35.5. The third kappa shape index (κ3) is 2.45. The van der Waals surface area contributed by atoms with Crippen molar-refractivity contribution in [3.8, 4) is 0 Å². The van der Waals surface area contributed by atoms with Gasteiger partial charge in [-0.1, -0.05) is 19.3 Å². The Bertz CT molecular complexity index is 261. The summed E-state index contributed by atoms with van der Waals surface area (Å²) in [6.45, 7) is 2.62. The maximum Gasteiger partial charge on any atom is 0.0685 e. The molecule has 0 radical (unpaired) electrons. The van der Waals surface area contributed by atoms with Crippen molar-refractivity contribution in [3.05, 3.63) is 0 Å². The molecule has 2 heterocycles. The quantitative estimate of drug-likeness (QED) is 0.781. The van der Waals surface area contributed by atoms with Gasteiger partial charge >= 0.3 is 0 Å². The molecule has 104 valence electrons. The Morgan fingerprint density at radius 3 is 2.33 bits per heavy atom. The van der Waals surface area contributed by atoms with Crippen LogP contribution in [0.1, 0.15) is 57.8 Å². The topological polar surface area (TPSA) is 44.5 Å². The van der Waals surface area contributed by atoms with E-state index in [9.17, 15) is 0 Å². The molecule has 3 rings (SSSR count). The summed E-state index contributed by atoms with van der Waals surface area (Å²) < 4.78 is 11.7. The summed E-state index contributed by atoms with van der Waals surface area (Å²) in [6.07, 6.45) is 11.0. The van der Waals surface area contributed by atoms with Crippen LogP contribution in [-0.4, -0.2) is 31.0 Å². The van der Waals surface area contributed by atoms with Gasteiger partial charge in [-0.05, 0) is 44.4 Å². The lowest BCUT2D eigenvalue weighted by molar-refractivity contribution is -0.134. The van der Waals surface area contributed by atoms with Crippen LogP contribution in [0, 0.1) is 5.92 Å². The Labute approximate surface area is 110 Å². The van der Waals surface area contributed by atoms with Gasteiger partial charge in [0.25, 0.3) is 0 Å². The molecule has 3 heteroatoms. The lowest BCUT2D eigenvalue weighted by Gasteiger charge is -2.50. The largest absolute Gasteiger partial charge is 0.381 e. The summed E-state index contributed by atoms with van der Waals surface area (Å²) in [4.78, 5) is 0. The van der Waals surface area contributed by atoms with Crippen LogP contribution in [0.5, 0.6) is 0 Å². The van der Waals surface area contributed by atoms with Gasteiger partial charge in [-0.3, -0.25) is 0 Å². The molecule has 3 fully saturated rings. The fraction of sp³-hybridized carbons (Fsp3) is 1.00. The number of rotatable bonds is 1. The van der Waals surface area contributed by atoms with E-state index in [0.29, 0.717) is 5.92 Å². The highest BCUT2D eigenvalue weighted by Gasteiger charge is 2.45. The lowest BCUT2D eigenvalue weighted by atomic mass is 9.67. The van der Waals surface area contributed by atoms with E-state index >= 15 is 0 Å². The molecule has 18 heavy (non-hydrogen) atoms. The summed E-state index contributed by atoms with van der Waals surface area (Å²) in [6, 6.07) is 0. The third-order valence-electron chi connectivity index (χ3n) is 5.49. The van der Waals surface area contributed by atoms with Crippen molar-refractivity contribution in [1.29, 1.82) is 0 Å². The van der Waals surface area contributed by atoms with E-state index in [-0.39, 0.29) is 11.1 Å². The van der Waals surface area contributed by atoms with Crippen LogP contribution in [0.25, 0.3) is 0 Å². The molecule has 0 aromatic carbocycles. The summed E-state index contributed by atoms with van der Waals surface area (Å²) in [5.74, 6) is 0.647. The average Bonchev–Trinajstić information content (AvgIpc) is 2.41. The SMILES string of the molecule is NC1(C2CCOC3(CCCCC3)C2)CCOCC1. The van der Waals surface area contributed by atoms with Gasteiger partial charge in [0.05, 0.1) is 5.60 Å². The third-order valence-corrected chi connectivity index (χ3v) is 5.49. The molecule has 0 aromatic rings. The molecule has 3 nitrogen and oxygen atoms in total. The van der Waals surface area contributed by atoms with E-state index < -0.39 is 0 Å². The number of hydrogen-bond donors (Lipinski definition) is 1. The van der Waals surface area contributed by atoms with E-state index in [0.717, 1.165) is 39.1 Å². The van der Waals surface area contributed by atoms with Crippen molar-refractivity contribution in [3.63, 3.8) is 0 Å². The molecule has 1 saturated carbocycles. The molecular weight excluding hydrogens is 226 g/mol. The van der Waals surface area contributed by atoms with Crippen LogP contribution in [0.3, 0.4) is 0 Å². The molecule has 0 amide bonds. The van der Waals surface area contributed by atoms with Gasteiger partial charge in [0.2, 0.25) is 0 Å². The van der Waals surface area contributed by atoms with E-state index in [1.54, 1.807) is 0 Å². The molecule has 1 unspecified atom stereocenters. The van der Waals surface area contributed by atoms with Crippen LogP contribution in [0.2, 0.25) is 0 Å². The zero-order chi connectivity index (χ0) is 12.5. The summed E-state index contributed by atoms with van der Waals surface area (Å²) >= 11 is 0. The van der Waals surface area contributed by atoms with Crippen molar-refractivity contribution in [2.75, 3.05) is 19.8 Å². The highest BCUT2D eigenvalue weighted by atomic mass is 16.5. The van der Waals surface area contributed by atoms with Crippen molar-refractivity contribution < 1.29 is 9.47 Å². The zero-order valence-corrected chi connectivity index (χ0v) is 11.5. The van der Waals surface area contributed by atoms with Crippen LogP contribution in [-0.2, 0) is 9.47 Å². The number of ether oxygens (including phenoxy) is 2. The van der Waals surface area contributed by atoms with E-state index in [1.165, 1.54) is 38.5 Å². The number of nitrogens with two attached hydrogens (primary N) is 1. The van der Waals surface area contributed by atoms with Gasteiger partial charge in [0.15, 0.2) is 0 Å². The Balaban J connectivity index is 1.69. The molecule has 0 aromatic heterocycles. The van der Waals surface area contributed by atoms with Gasteiger partial charge < -0.3 is 15.2 Å². The first-order valence-corrected chi connectivity index (χ1v) is 7.73. The van der Waals surface area contributed by atoms with Gasteiger partial charge in [0, 0.05) is 25.4 Å². The maximum absolute atomic E-state index is 6.69. The summed E-state index contributed by atoms with van der Waals surface area (Å²) in [7, 11) is 0. The predicted octanol–water partition coefficient (Wildman–Crippen LogP) is 2.62. The second-order valence-electron chi connectivity index (χ2n) is 6.63. The Hall–Kier alpha value is -0.120. The first-order valence-electron chi connectivity index (χ1n) is 7.73. The highest BCUT2D eigenvalue weighted by molar-refractivity contribution is 5.00. The van der Waals surface area contributed by atoms with Crippen molar-refractivity contribution >= 4 is 0 Å². The van der Waals surface area contributed by atoms with Crippen LogP contribution < -0.4 is 5.73 Å². The highest BCUT2D eigenvalue weighted by Crippen LogP contribution is 2.45. The molecule has 3 aliphatic rings. The van der Waals surface area contributed by atoms with Crippen molar-refractivity contribution in [2.45, 2.75) is 68.9 Å².